The van der Waals surface area contributed by atoms with Gasteiger partial charge in [-0.05, 0) is 49.3 Å². The normalized spacial score (nSPS) is 17.8. The molecule has 0 unspecified atom stereocenters. The summed E-state index contributed by atoms with van der Waals surface area (Å²) >= 11 is 6.88. The largest absolute Gasteiger partial charge is 0.367 e. The topological polar surface area (TPSA) is 135 Å². The lowest BCUT2D eigenvalue weighted by atomic mass is 10.2. The summed E-state index contributed by atoms with van der Waals surface area (Å²) in [6, 6.07) is 6.40. The number of nitrogens with zero attached hydrogens (tertiary/aromatic N) is 7. The lowest BCUT2D eigenvalue weighted by Gasteiger charge is -2.37. The third-order valence-corrected chi connectivity index (χ3v) is 10.0. The van der Waals surface area contributed by atoms with Gasteiger partial charge in [-0.3, -0.25) is 4.72 Å². The molecule has 12 nitrogen and oxygen atoms in total. The van der Waals surface area contributed by atoms with Gasteiger partial charge in [0.15, 0.2) is 5.11 Å². The predicted molar refractivity (Wildman–Crippen MR) is 162 cm³/mol. The number of benzene rings is 1. The number of aromatic amines is 1. The number of anilines is 4. The molecule has 0 saturated carbocycles. The minimum absolute atomic E-state index is 0.118. The van der Waals surface area contributed by atoms with Crippen LogP contribution < -0.4 is 19.8 Å². The third-order valence-electron chi connectivity index (χ3n) is 7.17. The molecular formula is C25H29FN10O2S3. The van der Waals surface area contributed by atoms with E-state index in [9.17, 15) is 12.8 Å². The van der Waals surface area contributed by atoms with Gasteiger partial charge >= 0.3 is 0 Å². The number of alkyl halides is 1. The highest BCUT2D eigenvalue weighted by Gasteiger charge is 2.28. The molecular weight excluding hydrogens is 588 g/mol. The minimum Gasteiger partial charge on any atom is -0.367 e. The fourth-order valence-corrected chi connectivity index (χ4v) is 7.22. The van der Waals surface area contributed by atoms with Crippen molar-refractivity contribution >= 4 is 72.0 Å². The van der Waals surface area contributed by atoms with Crippen LogP contribution >= 0.6 is 23.6 Å². The number of hydrogen-bond acceptors (Lipinski definition) is 10. The third kappa shape index (κ3) is 5.76. The highest BCUT2D eigenvalue weighted by molar-refractivity contribution is 7.93. The van der Waals surface area contributed by atoms with Crippen molar-refractivity contribution in [2.24, 2.45) is 0 Å². The Labute approximate surface area is 246 Å². The van der Waals surface area contributed by atoms with E-state index in [-0.39, 0.29) is 10.0 Å². The van der Waals surface area contributed by atoms with E-state index in [4.69, 9.17) is 12.2 Å². The van der Waals surface area contributed by atoms with Crippen molar-refractivity contribution in [2.75, 3.05) is 59.1 Å². The number of sulfonamides is 1. The summed E-state index contributed by atoms with van der Waals surface area (Å²) in [4.78, 5) is 18.6. The molecule has 1 aromatic carbocycles. The standard InChI is InChI=1S/C25H29FN10O2S3/c1-2-20-31-32-24(40-20)33-41(37,38)18-5-3-17(4-6-18)30-25(39)35-11-9-34(10-12-35)23-21-19(36-8-7-16(26)14-36)13-27-22(21)28-15-29-23/h3-6,13,15-16H,2,7-12,14H2,1H3,(H,30,39)(H,32,33)(H,27,28,29)/t16-/m0/s1. The molecule has 4 aromatic rings. The second-order valence-electron chi connectivity index (χ2n) is 9.82. The number of fused-ring (bicyclic) bond motifs is 1. The molecule has 2 saturated heterocycles. The first-order chi connectivity index (χ1) is 19.8. The van der Waals surface area contributed by atoms with Crippen LogP contribution in [0.3, 0.4) is 0 Å². The van der Waals surface area contributed by atoms with E-state index in [0.29, 0.717) is 62.9 Å². The number of nitrogens with one attached hydrogen (secondary N) is 3. The van der Waals surface area contributed by atoms with E-state index < -0.39 is 16.2 Å². The van der Waals surface area contributed by atoms with Gasteiger partial charge < -0.3 is 25.0 Å². The van der Waals surface area contributed by atoms with Crippen molar-refractivity contribution in [1.29, 1.82) is 0 Å². The van der Waals surface area contributed by atoms with Crippen molar-refractivity contribution in [3.63, 3.8) is 0 Å². The molecule has 1 atom stereocenters. The first-order valence-electron chi connectivity index (χ1n) is 13.3. The molecule has 0 spiro atoms. The lowest BCUT2D eigenvalue weighted by molar-refractivity contribution is 0.364. The molecule has 5 heterocycles. The van der Waals surface area contributed by atoms with Crippen molar-refractivity contribution in [3.8, 4) is 0 Å². The van der Waals surface area contributed by atoms with Crippen LogP contribution in [0.5, 0.6) is 0 Å². The van der Waals surface area contributed by atoms with Gasteiger partial charge in [-0.2, -0.15) is 0 Å². The quantitative estimate of drug-likeness (QED) is 0.264. The first kappa shape index (κ1) is 27.5. The van der Waals surface area contributed by atoms with E-state index in [1.54, 1.807) is 18.5 Å². The number of aryl methyl sites for hydroxylation is 1. The van der Waals surface area contributed by atoms with Gasteiger partial charge in [0, 0.05) is 51.2 Å². The van der Waals surface area contributed by atoms with Gasteiger partial charge in [0.05, 0.1) is 16.0 Å². The molecule has 216 valence electrons. The van der Waals surface area contributed by atoms with Crippen molar-refractivity contribution < 1.29 is 12.8 Å². The van der Waals surface area contributed by atoms with Gasteiger partial charge in [0.2, 0.25) is 5.13 Å². The summed E-state index contributed by atoms with van der Waals surface area (Å²) in [6.45, 7) is 5.71. The first-order valence-corrected chi connectivity index (χ1v) is 16.0. The smallest absolute Gasteiger partial charge is 0.263 e. The molecule has 2 fully saturated rings. The monoisotopic (exact) mass is 616 g/mol. The molecule has 3 N–H and O–H groups in total. The summed E-state index contributed by atoms with van der Waals surface area (Å²) < 4.78 is 41.9. The maximum atomic E-state index is 13.9. The van der Waals surface area contributed by atoms with E-state index in [2.05, 4.69) is 49.9 Å². The summed E-state index contributed by atoms with van der Waals surface area (Å²) in [7, 11) is -3.78. The highest BCUT2D eigenvalue weighted by atomic mass is 32.2. The van der Waals surface area contributed by atoms with Crippen LogP contribution in [0.15, 0.2) is 41.7 Å². The number of hydrogen-bond donors (Lipinski definition) is 3. The summed E-state index contributed by atoms with van der Waals surface area (Å²) in [5.41, 5.74) is 2.36. The molecule has 0 amide bonds. The van der Waals surface area contributed by atoms with E-state index in [0.717, 1.165) is 27.5 Å². The molecule has 0 bridgehead atoms. The SMILES string of the molecule is CCc1nnc(NS(=O)(=O)c2ccc(NC(=S)N3CCN(c4ncnc5[nH]cc(N6CC[C@H](F)C6)c45)CC3)cc2)s1. The molecule has 3 aromatic heterocycles. The van der Waals surface area contributed by atoms with Crippen molar-refractivity contribution in [3.05, 3.63) is 41.8 Å². The zero-order chi connectivity index (χ0) is 28.6. The van der Waals surface area contributed by atoms with Crippen LogP contribution in [-0.4, -0.2) is 89.0 Å². The Bertz CT molecular complexity index is 1650. The van der Waals surface area contributed by atoms with Gasteiger partial charge in [-0.1, -0.05) is 18.3 Å². The van der Waals surface area contributed by atoms with Crippen LogP contribution in [0.4, 0.5) is 26.7 Å². The molecule has 0 aliphatic carbocycles. The lowest BCUT2D eigenvalue weighted by Crippen LogP contribution is -2.50. The van der Waals surface area contributed by atoms with E-state index in [1.165, 1.54) is 23.5 Å². The maximum Gasteiger partial charge on any atom is 0.263 e. The van der Waals surface area contributed by atoms with Crippen molar-refractivity contribution in [1.82, 2.24) is 30.0 Å². The average Bonchev–Trinajstić information content (AvgIpc) is 3.72. The number of aromatic nitrogens is 5. The second-order valence-corrected chi connectivity index (χ2v) is 12.9. The van der Waals surface area contributed by atoms with Crippen LogP contribution in [-0.2, 0) is 16.4 Å². The van der Waals surface area contributed by atoms with Crippen LogP contribution in [0.2, 0.25) is 0 Å². The van der Waals surface area contributed by atoms with Crippen LogP contribution in [0, 0.1) is 0 Å². The van der Waals surface area contributed by atoms with Gasteiger partial charge in [0.1, 0.15) is 29.0 Å². The predicted octanol–water partition coefficient (Wildman–Crippen LogP) is 3.24. The van der Waals surface area contributed by atoms with Gasteiger partial charge in [0.25, 0.3) is 10.0 Å². The van der Waals surface area contributed by atoms with Crippen molar-refractivity contribution in [2.45, 2.75) is 30.8 Å². The Morgan fingerprint density at radius 1 is 1.12 bits per heavy atom. The fourth-order valence-electron chi connectivity index (χ4n) is 5.01. The Morgan fingerprint density at radius 3 is 2.59 bits per heavy atom. The number of piperazine rings is 1. The van der Waals surface area contributed by atoms with E-state index >= 15 is 0 Å². The van der Waals surface area contributed by atoms with Gasteiger partial charge in [-0.15, -0.1) is 10.2 Å². The Morgan fingerprint density at radius 2 is 1.90 bits per heavy atom. The number of thiocarbonyl (C=S) groups is 1. The molecule has 6 rings (SSSR count). The molecule has 2 aliphatic heterocycles. The Balaban J connectivity index is 1.07. The summed E-state index contributed by atoms with van der Waals surface area (Å²) in [5.74, 6) is 0.831. The van der Waals surface area contributed by atoms with Crippen LogP contribution in [0.25, 0.3) is 11.0 Å². The average molecular weight is 617 g/mol. The zero-order valence-electron chi connectivity index (χ0n) is 22.2. The van der Waals surface area contributed by atoms with Crippen LogP contribution in [0.1, 0.15) is 18.4 Å². The minimum atomic E-state index is -3.78. The molecule has 16 heteroatoms. The molecule has 0 radical (unpaired) electrons. The summed E-state index contributed by atoms with van der Waals surface area (Å²) in [6.07, 6.45) is 3.83. The Hall–Kier alpha value is -3.63. The molecule has 41 heavy (non-hydrogen) atoms. The number of halogens is 1. The Kier molecular flexibility index (Phi) is 7.61. The maximum absolute atomic E-state index is 13.9. The number of H-pyrrole nitrogens is 1. The second kappa shape index (κ2) is 11.3. The summed E-state index contributed by atoms with van der Waals surface area (Å²) in [5, 5.41) is 13.5. The van der Waals surface area contributed by atoms with E-state index in [1.807, 2.05) is 13.1 Å². The highest BCUT2D eigenvalue weighted by Crippen LogP contribution is 2.35. The fraction of sp³-hybridized carbons (Fsp3) is 0.400. The molecule has 2 aliphatic rings. The zero-order valence-corrected chi connectivity index (χ0v) is 24.7. The number of rotatable bonds is 7. The van der Waals surface area contributed by atoms with Gasteiger partial charge in [-0.25, -0.2) is 22.8 Å².